The van der Waals surface area contributed by atoms with Gasteiger partial charge in [-0.25, -0.2) is 0 Å². The zero-order chi connectivity index (χ0) is 13.3. The van der Waals surface area contributed by atoms with Gasteiger partial charge in [-0.15, -0.1) is 0 Å². The maximum Gasteiger partial charge on any atom is 0.120 e. The summed E-state index contributed by atoms with van der Waals surface area (Å²) < 4.78 is 5.26. The molecule has 0 amide bonds. The molecule has 3 N–H and O–H groups in total. The number of nitrogens with two attached hydrogens (primary N) is 1. The van der Waals surface area contributed by atoms with Crippen molar-refractivity contribution in [1.82, 2.24) is 4.98 Å². The standard InChI is InChI=1S/C15H22N2O/c1-9(2)13(8-16)15-10(3)17-14-7-11(18-4)5-6-12(14)15/h5-7,9,13,17H,8,16H2,1-4H3. The predicted octanol–water partition coefficient (Wildman–Crippen LogP) is 3.18. The Morgan fingerprint density at radius 3 is 2.61 bits per heavy atom. The molecule has 0 fully saturated rings. The summed E-state index contributed by atoms with van der Waals surface area (Å²) in [7, 11) is 1.69. The fourth-order valence-electron chi connectivity index (χ4n) is 2.66. The molecular formula is C15H22N2O. The first-order valence-electron chi connectivity index (χ1n) is 6.44. The molecule has 18 heavy (non-hydrogen) atoms. The second kappa shape index (κ2) is 5.02. The van der Waals surface area contributed by atoms with E-state index in [0.29, 0.717) is 18.4 Å². The molecule has 2 rings (SSSR count). The third kappa shape index (κ3) is 2.10. The van der Waals surface area contributed by atoms with Crippen molar-refractivity contribution in [2.45, 2.75) is 26.7 Å². The minimum absolute atomic E-state index is 0.396. The van der Waals surface area contributed by atoms with Crippen molar-refractivity contribution in [2.75, 3.05) is 13.7 Å². The van der Waals surface area contributed by atoms with Crippen LogP contribution in [0, 0.1) is 12.8 Å². The van der Waals surface area contributed by atoms with E-state index in [9.17, 15) is 0 Å². The van der Waals surface area contributed by atoms with Gasteiger partial charge in [0.05, 0.1) is 7.11 Å². The Kier molecular flexibility index (Phi) is 3.62. The van der Waals surface area contributed by atoms with E-state index in [1.807, 2.05) is 12.1 Å². The van der Waals surface area contributed by atoms with Crippen molar-refractivity contribution < 1.29 is 4.74 Å². The fourth-order valence-corrected chi connectivity index (χ4v) is 2.66. The molecule has 1 unspecified atom stereocenters. The molecule has 0 bridgehead atoms. The first-order chi connectivity index (χ1) is 8.58. The number of methoxy groups -OCH3 is 1. The van der Waals surface area contributed by atoms with E-state index in [1.54, 1.807) is 7.11 Å². The Hall–Kier alpha value is -1.48. The molecule has 1 atom stereocenters. The summed E-state index contributed by atoms with van der Waals surface area (Å²) in [5.41, 5.74) is 9.63. The van der Waals surface area contributed by atoms with Crippen LogP contribution in [0.15, 0.2) is 18.2 Å². The average Bonchev–Trinajstić information content (AvgIpc) is 2.66. The van der Waals surface area contributed by atoms with Crippen molar-refractivity contribution in [1.29, 1.82) is 0 Å². The number of aromatic nitrogens is 1. The van der Waals surface area contributed by atoms with Crippen LogP contribution in [0.3, 0.4) is 0 Å². The zero-order valence-electron chi connectivity index (χ0n) is 11.6. The van der Waals surface area contributed by atoms with Crippen LogP contribution in [0.2, 0.25) is 0 Å². The van der Waals surface area contributed by atoms with Crippen LogP contribution >= 0.6 is 0 Å². The van der Waals surface area contributed by atoms with E-state index < -0.39 is 0 Å². The van der Waals surface area contributed by atoms with E-state index in [4.69, 9.17) is 10.5 Å². The van der Waals surface area contributed by atoms with Crippen LogP contribution in [0.5, 0.6) is 5.75 Å². The molecule has 0 aliphatic heterocycles. The second-order valence-electron chi connectivity index (χ2n) is 5.16. The number of H-pyrrole nitrogens is 1. The molecule has 98 valence electrons. The molecule has 0 aliphatic rings. The highest BCUT2D eigenvalue weighted by Gasteiger charge is 2.20. The first kappa shape index (κ1) is 13.0. The third-order valence-corrected chi connectivity index (χ3v) is 3.67. The number of hydrogen-bond acceptors (Lipinski definition) is 2. The second-order valence-corrected chi connectivity index (χ2v) is 5.16. The number of aromatic amines is 1. The van der Waals surface area contributed by atoms with E-state index >= 15 is 0 Å². The Morgan fingerprint density at radius 1 is 1.33 bits per heavy atom. The number of ether oxygens (including phenoxy) is 1. The number of benzene rings is 1. The molecule has 3 nitrogen and oxygen atoms in total. The van der Waals surface area contributed by atoms with Gasteiger partial charge < -0.3 is 15.5 Å². The minimum Gasteiger partial charge on any atom is -0.497 e. The van der Waals surface area contributed by atoms with Gasteiger partial charge in [0.15, 0.2) is 0 Å². The smallest absolute Gasteiger partial charge is 0.120 e. The molecule has 1 heterocycles. The molecule has 0 saturated carbocycles. The third-order valence-electron chi connectivity index (χ3n) is 3.67. The van der Waals surface area contributed by atoms with E-state index in [-0.39, 0.29) is 0 Å². The first-order valence-corrected chi connectivity index (χ1v) is 6.44. The quantitative estimate of drug-likeness (QED) is 0.870. The van der Waals surface area contributed by atoms with Gasteiger partial charge in [-0.1, -0.05) is 13.8 Å². The minimum atomic E-state index is 0.396. The normalized spacial score (nSPS) is 13.2. The van der Waals surface area contributed by atoms with Gasteiger partial charge >= 0.3 is 0 Å². The lowest BCUT2D eigenvalue weighted by molar-refractivity contribution is 0.415. The van der Waals surface area contributed by atoms with Crippen LogP contribution in [-0.4, -0.2) is 18.6 Å². The van der Waals surface area contributed by atoms with Crippen LogP contribution in [0.4, 0.5) is 0 Å². The summed E-state index contributed by atoms with van der Waals surface area (Å²) in [5.74, 6) is 1.81. The zero-order valence-corrected chi connectivity index (χ0v) is 11.6. The molecule has 1 aromatic heterocycles. The highest BCUT2D eigenvalue weighted by molar-refractivity contribution is 5.86. The molecule has 3 heteroatoms. The van der Waals surface area contributed by atoms with E-state index in [2.05, 4.69) is 31.8 Å². The Balaban J connectivity index is 2.60. The molecule has 1 aromatic carbocycles. The lowest BCUT2D eigenvalue weighted by atomic mass is 9.87. The lowest BCUT2D eigenvalue weighted by Gasteiger charge is -2.19. The van der Waals surface area contributed by atoms with Gasteiger partial charge in [0, 0.05) is 28.6 Å². The highest BCUT2D eigenvalue weighted by Crippen LogP contribution is 2.34. The average molecular weight is 246 g/mol. The summed E-state index contributed by atoms with van der Waals surface area (Å²) in [5, 5.41) is 1.26. The monoisotopic (exact) mass is 246 g/mol. The molecular weight excluding hydrogens is 224 g/mol. The summed E-state index contributed by atoms with van der Waals surface area (Å²) in [6, 6.07) is 6.17. The van der Waals surface area contributed by atoms with Gasteiger partial charge in [-0.05, 0) is 37.1 Å². The van der Waals surface area contributed by atoms with Gasteiger partial charge in [0.25, 0.3) is 0 Å². The Morgan fingerprint density at radius 2 is 2.06 bits per heavy atom. The van der Waals surface area contributed by atoms with Crippen LogP contribution in [0.1, 0.15) is 31.0 Å². The van der Waals surface area contributed by atoms with Crippen molar-refractivity contribution in [2.24, 2.45) is 11.7 Å². The van der Waals surface area contributed by atoms with Gasteiger partial charge in [0.1, 0.15) is 5.75 Å². The number of hydrogen-bond donors (Lipinski definition) is 2. The van der Waals surface area contributed by atoms with Crippen LogP contribution in [-0.2, 0) is 0 Å². The summed E-state index contributed by atoms with van der Waals surface area (Å²) >= 11 is 0. The molecule has 0 radical (unpaired) electrons. The molecule has 2 aromatic rings. The van der Waals surface area contributed by atoms with Crippen molar-refractivity contribution in [3.8, 4) is 5.75 Å². The SMILES string of the molecule is COc1ccc2c(C(CN)C(C)C)c(C)[nH]c2c1. The lowest BCUT2D eigenvalue weighted by Crippen LogP contribution is -2.18. The largest absolute Gasteiger partial charge is 0.497 e. The van der Waals surface area contributed by atoms with Crippen molar-refractivity contribution in [3.63, 3.8) is 0 Å². The maximum atomic E-state index is 5.94. The summed E-state index contributed by atoms with van der Waals surface area (Å²) in [6.45, 7) is 7.24. The highest BCUT2D eigenvalue weighted by atomic mass is 16.5. The summed E-state index contributed by atoms with van der Waals surface area (Å²) in [4.78, 5) is 3.44. The van der Waals surface area contributed by atoms with E-state index in [0.717, 1.165) is 11.3 Å². The Bertz CT molecular complexity index is 543. The number of rotatable bonds is 4. The number of fused-ring (bicyclic) bond motifs is 1. The van der Waals surface area contributed by atoms with Gasteiger partial charge in [-0.2, -0.15) is 0 Å². The number of aryl methyl sites for hydroxylation is 1. The maximum absolute atomic E-state index is 5.94. The van der Waals surface area contributed by atoms with E-state index in [1.165, 1.54) is 16.6 Å². The predicted molar refractivity (Wildman–Crippen MR) is 76.2 cm³/mol. The van der Waals surface area contributed by atoms with Crippen molar-refractivity contribution in [3.05, 3.63) is 29.5 Å². The van der Waals surface area contributed by atoms with Crippen molar-refractivity contribution >= 4 is 10.9 Å². The van der Waals surface area contributed by atoms with Crippen LogP contribution in [0.25, 0.3) is 10.9 Å². The molecule has 0 spiro atoms. The Labute approximate surface area is 108 Å². The van der Waals surface area contributed by atoms with Gasteiger partial charge in [-0.3, -0.25) is 0 Å². The fraction of sp³-hybridized carbons (Fsp3) is 0.467. The number of nitrogens with one attached hydrogen (secondary N) is 1. The summed E-state index contributed by atoms with van der Waals surface area (Å²) in [6.07, 6.45) is 0. The topological polar surface area (TPSA) is 51.0 Å². The molecule has 0 aliphatic carbocycles. The molecule has 0 saturated heterocycles. The van der Waals surface area contributed by atoms with Crippen LogP contribution < -0.4 is 10.5 Å². The van der Waals surface area contributed by atoms with Gasteiger partial charge in [0.2, 0.25) is 0 Å².